The van der Waals surface area contributed by atoms with Gasteiger partial charge in [0, 0.05) is 45.8 Å². The van der Waals surface area contributed by atoms with E-state index in [9.17, 15) is 0 Å². The van der Waals surface area contributed by atoms with Crippen LogP contribution in [0.4, 0.5) is 0 Å². The molecule has 0 bridgehead atoms. The zero-order valence-electron chi connectivity index (χ0n) is 15.0. The van der Waals surface area contributed by atoms with Crippen LogP contribution in [0.25, 0.3) is 0 Å². The smallest absolute Gasteiger partial charge is 0.191 e. The van der Waals surface area contributed by atoms with Gasteiger partial charge in [0.1, 0.15) is 12.2 Å². The lowest BCUT2D eigenvalue weighted by molar-refractivity contribution is 0.145. The Balaban J connectivity index is 2.38. The van der Waals surface area contributed by atoms with E-state index in [4.69, 9.17) is 4.74 Å². The summed E-state index contributed by atoms with van der Waals surface area (Å²) in [6.07, 6.45) is 3.65. The summed E-state index contributed by atoms with van der Waals surface area (Å²) in [5.74, 6) is 2.42. The van der Waals surface area contributed by atoms with Crippen LogP contribution in [0.2, 0.25) is 0 Å². The van der Waals surface area contributed by atoms with E-state index in [0.717, 1.165) is 64.0 Å². The second-order valence-electron chi connectivity index (χ2n) is 5.78. The minimum atomic E-state index is 0.543. The Kier molecular flexibility index (Phi) is 10.0. The van der Waals surface area contributed by atoms with Gasteiger partial charge in [-0.2, -0.15) is 0 Å². The highest BCUT2D eigenvalue weighted by Crippen LogP contribution is 1.95. The SMILES string of the molecule is CCOCCCNC(=NCC(C)C)NCCn1cnnc1CC. The molecule has 0 amide bonds. The number of ether oxygens (including phenoxy) is 1. The fourth-order valence-electron chi connectivity index (χ4n) is 2.01. The molecular formula is C16H32N6O. The number of hydrogen-bond acceptors (Lipinski definition) is 4. The van der Waals surface area contributed by atoms with Gasteiger partial charge in [0.05, 0.1) is 0 Å². The highest BCUT2D eigenvalue weighted by molar-refractivity contribution is 5.79. The average Bonchev–Trinajstić information content (AvgIpc) is 2.99. The number of guanidine groups is 1. The van der Waals surface area contributed by atoms with Crippen molar-refractivity contribution >= 4 is 5.96 Å². The summed E-state index contributed by atoms with van der Waals surface area (Å²) in [7, 11) is 0. The van der Waals surface area contributed by atoms with Crippen LogP contribution in [0.3, 0.4) is 0 Å². The van der Waals surface area contributed by atoms with E-state index >= 15 is 0 Å². The molecule has 0 radical (unpaired) electrons. The monoisotopic (exact) mass is 324 g/mol. The maximum atomic E-state index is 5.35. The van der Waals surface area contributed by atoms with Crippen LogP contribution < -0.4 is 10.6 Å². The van der Waals surface area contributed by atoms with E-state index in [1.54, 1.807) is 6.33 Å². The maximum absolute atomic E-state index is 5.35. The van der Waals surface area contributed by atoms with Crippen molar-refractivity contribution < 1.29 is 4.74 Å². The molecule has 1 rings (SSSR count). The van der Waals surface area contributed by atoms with Crippen molar-refractivity contribution in [1.29, 1.82) is 0 Å². The van der Waals surface area contributed by atoms with Crippen LogP contribution in [0, 0.1) is 5.92 Å². The van der Waals surface area contributed by atoms with Crippen LogP contribution in [0.1, 0.15) is 39.9 Å². The molecule has 0 saturated heterocycles. The first-order valence-corrected chi connectivity index (χ1v) is 8.63. The molecule has 132 valence electrons. The minimum absolute atomic E-state index is 0.543. The Labute approximate surface area is 139 Å². The molecular weight excluding hydrogens is 292 g/mol. The van der Waals surface area contributed by atoms with E-state index in [0.29, 0.717) is 5.92 Å². The van der Waals surface area contributed by atoms with Crippen molar-refractivity contribution in [3.8, 4) is 0 Å². The van der Waals surface area contributed by atoms with Gasteiger partial charge in [-0.3, -0.25) is 4.99 Å². The number of rotatable bonds is 11. The maximum Gasteiger partial charge on any atom is 0.191 e. The summed E-state index contributed by atoms with van der Waals surface area (Å²) in [6, 6.07) is 0. The zero-order valence-corrected chi connectivity index (χ0v) is 15.0. The quantitative estimate of drug-likeness (QED) is 0.366. The molecule has 0 spiro atoms. The minimum Gasteiger partial charge on any atom is -0.382 e. The van der Waals surface area contributed by atoms with Gasteiger partial charge in [-0.15, -0.1) is 10.2 Å². The summed E-state index contributed by atoms with van der Waals surface area (Å²) < 4.78 is 7.42. The van der Waals surface area contributed by atoms with E-state index in [1.807, 2.05) is 6.92 Å². The van der Waals surface area contributed by atoms with Gasteiger partial charge < -0.3 is 19.9 Å². The summed E-state index contributed by atoms with van der Waals surface area (Å²) in [5.41, 5.74) is 0. The molecule has 0 aliphatic rings. The van der Waals surface area contributed by atoms with Gasteiger partial charge in [0.25, 0.3) is 0 Å². The summed E-state index contributed by atoms with van der Waals surface area (Å²) in [5, 5.41) is 14.8. The third-order valence-corrected chi connectivity index (χ3v) is 3.23. The summed E-state index contributed by atoms with van der Waals surface area (Å²) in [6.45, 7) is 13.3. The highest BCUT2D eigenvalue weighted by Gasteiger charge is 2.03. The van der Waals surface area contributed by atoms with Gasteiger partial charge in [0.2, 0.25) is 0 Å². The first-order valence-electron chi connectivity index (χ1n) is 8.63. The topological polar surface area (TPSA) is 76.4 Å². The second-order valence-corrected chi connectivity index (χ2v) is 5.78. The lowest BCUT2D eigenvalue weighted by Gasteiger charge is -2.14. The fraction of sp³-hybridized carbons (Fsp3) is 0.812. The van der Waals surface area contributed by atoms with E-state index in [-0.39, 0.29) is 0 Å². The van der Waals surface area contributed by atoms with Gasteiger partial charge in [0.15, 0.2) is 5.96 Å². The summed E-state index contributed by atoms with van der Waals surface area (Å²) >= 11 is 0. The van der Waals surface area contributed by atoms with E-state index in [2.05, 4.69) is 51.2 Å². The second kappa shape index (κ2) is 11.9. The molecule has 2 N–H and O–H groups in total. The van der Waals surface area contributed by atoms with Crippen molar-refractivity contribution in [3.63, 3.8) is 0 Å². The Hall–Kier alpha value is -1.63. The third-order valence-electron chi connectivity index (χ3n) is 3.23. The molecule has 1 heterocycles. The average molecular weight is 324 g/mol. The van der Waals surface area contributed by atoms with Crippen molar-refractivity contribution in [2.45, 2.75) is 47.1 Å². The van der Waals surface area contributed by atoms with Crippen molar-refractivity contribution in [3.05, 3.63) is 12.2 Å². The number of nitrogens with zero attached hydrogens (tertiary/aromatic N) is 4. The predicted molar refractivity (Wildman–Crippen MR) is 93.7 cm³/mol. The lowest BCUT2D eigenvalue weighted by Crippen LogP contribution is -2.40. The normalized spacial score (nSPS) is 12.0. The number of nitrogens with one attached hydrogen (secondary N) is 2. The van der Waals surface area contributed by atoms with Crippen LogP contribution in [-0.4, -0.2) is 53.6 Å². The first-order chi connectivity index (χ1) is 11.2. The highest BCUT2D eigenvalue weighted by atomic mass is 16.5. The van der Waals surface area contributed by atoms with Gasteiger partial charge in [-0.05, 0) is 19.3 Å². The Morgan fingerprint density at radius 1 is 1.30 bits per heavy atom. The molecule has 0 saturated carbocycles. The van der Waals surface area contributed by atoms with Gasteiger partial charge >= 0.3 is 0 Å². The molecule has 23 heavy (non-hydrogen) atoms. The van der Waals surface area contributed by atoms with Crippen molar-refractivity contribution in [2.24, 2.45) is 10.9 Å². The van der Waals surface area contributed by atoms with Gasteiger partial charge in [-0.1, -0.05) is 20.8 Å². The van der Waals surface area contributed by atoms with E-state index in [1.165, 1.54) is 0 Å². The van der Waals surface area contributed by atoms with E-state index < -0.39 is 0 Å². The Morgan fingerprint density at radius 3 is 2.78 bits per heavy atom. The first kappa shape index (κ1) is 19.4. The number of aromatic nitrogens is 3. The van der Waals surface area contributed by atoms with Gasteiger partial charge in [-0.25, -0.2) is 0 Å². The molecule has 0 fully saturated rings. The molecule has 0 aromatic carbocycles. The molecule has 1 aromatic rings. The lowest BCUT2D eigenvalue weighted by atomic mass is 10.2. The van der Waals surface area contributed by atoms with Crippen LogP contribution in [-0.2, 0) is 17.7 Å². The van der Waals surface area contributed by atoms with Crippen molar-refractivity contribution in [1.82, 2.24) is 25.4 Å². The number of hydrogen-bond donors (Lipinski definition) is 2. The molecule has 1 aromatic heterocycles. The standard InChI is InChI=1S/C16H32N6O/c1-5-15-21-20-13-22(15)10-9-18-16(19-12-14(3)4)17-8-7-11-23-6-2/h13-14H,5-12H2,1-4H3,(H2,17,18,19). The summed E-state index contributed by atoms with van der Waals surface area (Å²) in [4.78, 5) is 4.62. The molecule has 0 aliphatic carbocycles. The number of aryl methyl sites for hydroxylation is 1. The Morgan fingerprint density at radius 2 is 2.09 bits per heavy atom. The molecule has 0 aliphatic heterocycles. The zero-order chi connectivity index (χ0) is 16.9. The third kappa shape index (κ3) is 8.54. The van der Waals surface area contributed by atoms with Crippen LogP contribution in [0.5, 0.6) is 0 Å². The number of aliphatic imine (C=N–C) groups is 1. The fourth-order valence-corrected chi connectivity index (χ4v) is 2.01. The predicted octanol–water partition coefficient (Wildman–Crippen LogP) is 1.46. The molecule has 7 nitrogen and oxygen atoms in total. The Bertz CT molecular complexity index is 444. The molecule has 0 atom stereocenters. The molecule has 0 unspecified atom stereocenters. The van der Waals surface area contributed by atoms with Crippen LogP contribution >= 0.6 is 0 Å². The van der Waals surface area contributed by atoms with Crippen molar-refractivity contribution in [2.75, 3.05) is 32.8 Å². The molecule has 7 heteroatoms. The largest absolute Gasteiger partial charge is 0.382 e. The van der Waals surface area contributed by atoms with Crippen LogP contribution in [0.15, 0.2) is 11.3 Å².